The van der Waals surface area contributed by atoms with E-state index >= 15 is 0 Å². The van der Waals surface area contributed by atoms with E-state index in [9.17, 15) is 14.0 Å². The number of carbonyl (C=O) groups is 2. The van der Waals surface area contributed by atoms with Gasteiger partial charge in [0.2, 0.25) is 0 Å². The monoisotopic (exact) mass is 441 g/mol. The van der Waals surface area contributed by atoms with E-state index < -0.39 is 18.0 Å². The summed E-state index contributed by atoms with van der Waals surface area (Å²) in [5, 5.41) is 6.76. The fourth-order valence-electron chi connectivity index (χ4n) is 3.46. The molecule has 3 aromatic rings. The van der Waals surface area contributed by atoms with Gasteiger partial charge in [0, 0.05) is 32.4 Å². The molecule has 0 radical (unpaired) electrons. The molecule has 0 bridgehead atoms. The van der Waals surface area contributed by atoms with E-state index in [0.717, 1.165) is 22.9 Å². The number of rotatable bonds is 5. The van der Waals surface area contributed by atoms with Crippen LogP contribution in [0.3, 0.4) is 0 Å². The molecule has 0 saturated carbocycles. The third-order valence-corrected chi connectivity index (χ3v) is 5.86. The Kier molecular flexibility index (Phi) is 6.03. The van der Waals surface area contributed by atoms with Crippen molar-refractivity contribution in [3.8, 4) is 0 Å². The van der Waals surface area contributed by atoms with Crippen LogP contribution in [0.1, 0.15) is 27.0 Å². The van der Waals surface area contributed by atoms with E-state index in [-0.39, 0.29) is 18.1 Å². The summed E-state index contributed by atoms with van der Waals surface area (Å²) in [6, 6.07) is 10.4. The molecule has 3 N–H and O–H groups in total. The molecule has 11 heteroatoms. The van der Waals surface area contributed by atoms with Gasteiger partial charge in [-0.15, -0.1) is 5.10 Å². The number of nitrogens with two attached hydrogens (primary N) is 1. The van der Waals surface area contributed by atoms with E-state index in [0.29, 0.717) is 24.5 Å². The molecule has 1 saturated heterocycles. The topological polar surface area (TPSA) is 117 Å². The van der Waals surface area contributed by atoms with Crippen LogP contribution in [-0.4, -0.2) is 51.0 Å². The summed E-state index contributed by atoms with van der Waals surface area (Å²) in [7, 11) is 0. The first kappa shape index (κ1) is 20.7. The van der Waals surface area contributed by atoms with Gasteiger partial charge in [-0.1, -0.05) is 22.7 Å². The Morgan fingerprint density at radius 2 is 2.00 bits per heavy atom. The third-order valence-electron chi connectivity index (χ3n) is 5.03. The number of pyridine rings is 1. The van der Waals surface area contributed by atoms with Crippen LogP contribution in [0.4, 0.5) is 15.0 Å². The maximum absolute atomic E-state index is 13.1. The molecule has 3 amide bonds. The number of urea groups is 1. The highest BCUT2D eigenvalue weighted by Gasteiger charge is 2.35. The van der Waals surface area contributed by atoms with Gasteiger partial charge in [0.1, 0.15) is 11.6 Å². The third kappa shape index (κ3) is 4.61. The SMILES string of the molecule is NC(=O)N1CCN(c2ccccn2)CC1c1snnc1C(=O)NCc1ccc(F)cc1. The van der Waals surface area contributed by atoms with Gasteiger partial charge in [-0.05, 0) is 41.4 Å². The zero-order chi connectivity index (χ0) is 21.8. The maximum atomic E-state index is 13.1. The fourth-order valence-corrected chi connectivity index (χ4v) is 4.22. The summed E-state index contributed by atoms with van der Waals surface area (Å²) >= 11 is 1.06. The Hall–Kier alpha value is -3.60. The molecule has 4 rings (SSSR count). The molecule has 31 heavy (non-hydrogen) atoms. The largest absolute Gasteiger partial charge is 0.352 e. The summed E-state index contributed by atoms with van der Waals surface area (Å²) in [5.74, 6) is 0.00577. The van der Waals surface area contributed by atoms with E-state index in [2.05, 4.69) is 19.9 Å². The smallest absolute Gasteiger partial charge is 0.315 e. The summed E-state index contributed by atoms with van der Waals surface area (Å²) < 4.78 is 17.0. The van der Waals surface area contributed by atoms with Crippen molar-refractivity contribution >= 4 is 29.3 Å². The highest BCUT2D eigenvalue weighted by Crippen LogP contribution is 2.31. The van der Waals surface area contributed by atoms with Crippen LogP contribution in [0.2, 0.25) is 0 Å². The van der Waals surface area contributed by atoms with Crippen molar-refractivity contribution in [1.29, 1.82) is 0 Å². The first-order valence-electron chi connectivity index (χ1n) is 9.60. The Bertz CT molecular complexity index is 1060. The standard InChI is InChI=1S/C20H20FN7O2S/c21-14-6-4-13(5-7-14)11-24-19(29)17-18(31-26-25-17)15-12-27(9-10-28(15)20(22)30)16-3-1-2-8-23-16/h1-8,15H,9-12H2,(H2,22,30)(H,24,29). The van der Waals surface area contributed by atoms with Crippen molar-refractivity contribution in [2.75, 3.05) is 24.5 Å². The second kappa shape index (κ2) is 9.04. The minimum Gasteiger partial charge on any atom is -0.352 e. The van der Waals surface area contributed by atoms with Crippen molar-refractivity contribution in [1.82, 2.24) is 24.8 Å². The van der Waals surface area contributed by atoms with Gasteiger partial charge < -0.3 is 20.9 Å². The second-order valence-corrected chi connectivity index (χ2v) is 7.76. The van der Waals surface area contributed by atoms with Crippen molar-refractivity contribution in [3.63, 3.8) is 0 Å². The molecule has 2 aromatic heterocycles. The van der Waals surface area contributed by atoms with Gasteiger partial charge in [-0.3, -0.25) is 4.79 Å². The molecule has 9 nitrogen and oxygen atoms in total. The highest BCUT2D eigenvalue weighted by molar-refractivity contribution is 7.06. The average molecular weight is 441 g/mol. The average Bonchev–Trinajstić information content (AvgIpc) is 3.28. The second-order valence-electron chi connectivity index (χ2n) is 6.98. The number of hydrogen-bond acceptors (Lipinski definition) is 7. The van der Waals surface area contributed by atoms with Crippen molar-refractivity contribution in [2.45, 2.75) is 12.6 Å². The van der Waals surface area contributed by atoms with Gasteiger partial charge in [-0.25, -0.2) is 14.2 Å². The minimum atomic E-state index is -0.572. The number of nitrogens with one attached hydrogen (secondary N) is 1. The molecule has 3 heterocycles. The van der Waals surface area contributed by atoms with Gasteiger partial charge in [0.05, 0.1) is 10.9 Å². The highest BCUT2D eigenvalue weighted by atomic mass is 32.1. The van der Waals surface area contributed by atoms with E-state index in [1.165, 1.54) is 17.0 Å². The van der Waals surface area contributed by atoms with Crippen LogP contribution in [0.5, 0.6) is 0 Å². The molecule has 160 valence electrons. The van der Waals surface area contributed by atoms with Gasteiger partial charge in [-0.2, -0.15) is 0 Å². The zero-order valence-electron chi connectivity index (χ0n) is 16.4. The molecule has 1 fully saturated rings. The summed E-state index contributed by atoms with van der Waals surface area (Å²) in [6.07, 6.45) is 1.70. The summed E-state index contributed by atoms with van der Waals surface area (Å²) in [5.41, 5.74) is 6.50. The van der Waals surface area contributed by atoms with Crippen LogP contribution in [0, 0.1) is 5.82 Å². The number of benzene rings is 1. The predicted molar refractivity (Wildman–Crippen MR) is 113 cm³/mol. The van der Waals surface area contributed by atoms with Crippen molar-refractivity contribution in [3.05, 3.63) is 70.6 Å². The summed E-state index contributed by atoms with van der Waals surface area (Å²) in [6.45, 7) is 1.56. The number of primary amides is 1. The molecule has 1 atom stereocenters. The van der Waals surface area contributed by atoms with E-state index in [1.54, 1.807) is 18.3 Å². The Balaban J connectivity index is 1.54. The van der Waals surface area contributed by atoms with Gasteiger partial charge in [0.15, 0.2) is 5.69 Å². The summed E-state index contributed by atoms with van der Waals surface area (Å²) in [4.78, 5) is 33.3. The lowest BCUT2D eigenvalue weighted by Crippen LogP contribution is -2.52. The zero-order valence-corrected chi connectivity index (χ0v) is 17.3. The number of piperazine rings is 1. The molecule has 1 aromatic carbocycles. The Labute approximate surface area is 181 Å². The van der Waals surface area contributed by atoms with Crippen molar-refractivity contribution in [2.24, 2.45) is 5.73 Å². The predicted octanol–water partition coefficient (Wildman–Crippen LogP) is 1.94. The number of halogens is 1. The molecule has 0 aliphatic carbocycles. The number of amides is 3. The lowest BCUT2D eigenvalue weighted by Gasteiger charge is -2.40. The number of anilines is 1. The molecule has 0 spiro atoms. The van der Waals surface area contributed by atoms with Crippen molar-refractivity contribution < 1.29 is 14.0 Å². The molecule has 1 unspecified atom stereocenters. The minimum absolute atomic E-state index is 0.145. The van der Waals surface area contributed by atoms with Crippen LogP contribution in [-0.2, 0) is 6.54 Å². The molecular formula is C20H20FN7O2S. The lowest BCUT2D eigenvalue weighted by molar-refractivity contribution is 0.0941. The molecule has 1 aliphatic rings. The number of nitrogens with zero attached hydrogens (tertiary/aromatic N) is 5. The van der Waals surface area contributed by atoms with Gasteiger partial charge >= 0.3 is 6.03 Å². The number of aromatic nitrogens is 3. The quantitative estimate of drug-likeness (QED) is 0.625. The lowest BCUT2D eigenvalue weighted by atomic mass is 10.1. The molecular weight excluding hydrogens is 421 g/mol. The maximum Gasteiger partial charge on any atom is 0.315 e. The Morgan fingerprint density at radius 1 is 1.19 bits per heavy atom. The van der Waals surface area contributed by atoms with E-state index in [1.807, 2.05) is 23.1 Å². The van der Waals surface area contributed by atoms with Crippen LogP contribution < -0.4 is 16.0 Å². The number of carbonyl (C=O) groups excluding carboxylic acids is 2. The fraction of sp³-hybridized carbons (Fsp3) is 0.250. The molecule has 1 aliphatic heterocycles. The Morgan fingerprint density at radius 3 is 2.71 bits per heavy atom. The van der Waals surface area contributed by atoms with Crippen LogP contribution in [0.25, 0.3) is 0 Å². The van der Waals surface area contributed by atoms with E-state index in [4.69, 9.17) is 5.73 Å². The first-order chi connectivity index (χ1) is 15.0. The van der Waals surface area contributed by atoms with Crippen LogP contribution >= 0.6 is 11.5 Å². The first-order valence-corrected chi connectivity index (χ1v) is 10.4. The number of hydrogen-bond donors (Lipinski definition) is 2. The van der Waals surface area contributed by atoms with Crippen LogP contribution in [0.15, 0.2) is 48.7 Å². The normalized spacial score (nSPS) is 16.2. The van der Waals surface area contributed by atoms with Gasteiger partial charge in [0.25, 0.3) is 5.91 Å².